The largest absolute Gasteiger partial charge is 0.322 e. The number of nitrogens with one attached hydrogen (secondary N) is 1. The average Bonchev–Trinajstić information content (AvgIpc) is 2.50. The lowest BCUT2D eigenvalue weighted by Gasteiger charge is -2.11. The zero-order valence-electron chi connectivity index (χ0n) is 12.8. The molecule has 116 valence electrons. The molecule has 0 fully saturated rings. The van der Waals surface area contributed by atoms with Gasteiger partial charge in [0, 0.05) is 16.9 Å². The minimum Gasteiger partial charge on any atom is -0.322 e. The molecule has 4 nitrogen and oxygen atoms in total. The molecule has 0 saturated carbocycles. The van der Waals surface area contributed by atoms with Gasteiger partial charge in [-0.3, -0.25) is 4.79 Å². The second-order valence-corrected chi connectivity index (χ2v) is 6.09. The molecule has 0 spiro atoms. The zero-order valence-corrected chi connectivity index (χ0v) is 14.4. The van der Waals surface area contributed by atoms with E-state index in [1.165, 1.54) is 11.8 Å². The zero-order chi connectivity index (χ0) is 16.1. The number of aryl methyl sites for hydroxylation is 2. The number of hydrogen-bond acceptors (Lipinski definition) is 4. The summed E-state index contributed by atoms with van der Waals surface area (Å²) in [4.78, 5) is 21.2. The van der Waals surface area contributed by atoms with Crippen LogP contribution < -0.4 is 5.32 Å². The van der Waals surface area contributed by atoms with Crippen molar-refractivity contribution in [2.24, 2.45) is 0 Å². The van der Waals surface area contributed by atoms with Crippen LogP contribution in [0.2, 0.25) is 5.02 Å². The van der Waals surface area contributed by atoms with Gasteiger partial charge in [0.15, 0.2) is 5.16 Å². The topological polar surface area (TPSA) is 54.9 Å². The number of anilines is 1. The molecule has 0 unspecified atom stereocenters. The van der Waals surface area contributed by atoms with Crippen molar-refractivity contribution in [1.29, 1.82) is 0 Å². The van der Waals surface area contributed by atoms with Gasteiger partial charge in [-0.1, -0.05) is 36.7 Å². The molecule has 2 aromatic rings. The van der Waals surface area contributed by atoms with Crippen LogP contribution in [-0.2, 0) is 6.42 Å². The molecule has 0 radical (unpaired) electrons. The fourth-order valence-electron chi connectivity index (χ4n) is 2.07. The summed E-state index contributed by atoms with van der Waals surface area (Å²) in [6.07, 6.45) is 5.19. The number of nitrogens with zero attached hydrogens (tertiary/aromatic N) is 2. The fraction of sp³-hybridized carbons (Fsp3) is 0.312. The van der Waals surface area contributed by atoms with Crippen LogP contribution in [0.15, 0.2) is 29.6 Å². The van der Waals surface area contributed by atoms with E-state index >= 15 is 0 Å². The molecule has 0 saturated heterocycles. The van der Waals surface area contributed by atoms with E-state index in [1.54, 1.807) is 18.3 Å². The molecule has 2 rings (SSSR count). The van der Waals surface area contributed by atoms with Gasteiger partial charge >= 0.3 is 0 Å². The highest BCUT2D eigenvalue weighted by atomic mass is 35.5. The molecular weight excluding hydrogens is 318 g/mol. The highest BCUT2D eigenvalue weighted by Crippen LogP contribution is 2.21. The third-order valence-corrected chi connectivity index (χ3v) is 3.99. The molecular formula is C16H18ClN3OS. The summed E-state index contributed by atoms with van der Waals surface area (Å²) in [5.74, 6) is -0.193. The van der Waals surface area contributed by atoms with Crippen molar-refractivity contribution in [1.82, 2.24) is 9.97 Å². The number of benzene rings is 1. The van der Waals surface area contributed by atoms with E-state index in [2.05, 4.69) is 22.2 Å². The molecule has 0 bridgehead atoms. The van der Waals surface area contributed by atoms with Crippen LogP contribution in [0.3, 0.4) is 0 Å². The Kier molecular flexibility index (Phi) is 5.80. The number of carbonyl (C=O) groups excluding carboxylic acids is 1. The van der Waals surface area contributed by atoms with Crippen molar-refractivity contribution in [3.8, 4) is 0 Å². The second kappa shape index (κ2) is 7.61. The molecule has 1 aromatic heterocycles. The second-order valence-electron chi connectivity index (χ2n) is 4.88. The van der Waals surface area contributed by atoms with Gasteiger partial charge in [-0.05, 0) is 43.4 Å². The molecule has 0 atom stereocenters. The Bertz CT molecular complexity index is 691. The Hall–Kier alpha value is -1.59. The Morgan fingerprint density at radius 2 is 2.18 bits per heavy atom. The molecule has 6 heteroatoms. The van der Waals surface area contributed by atoms with E-state index < -0.39 is 0 Å². The minimum absolute atomic E-state index is 0.193. The summed E-state index contributed by atoms with van der Waals surface area (Å²) in [5.41, 5.74) is 2.96. The van der Waals surface area contributed by atoms with E-state index in [1.807, 2.05) is 19.2 Å². The van der Waals surface area contributed by atoms with Gasteiger partial charge in [0.2, 0.25) is 0 Å². The van der Waals surface area contributed by atoms with Crippen LogP contribution in [0, 0.1) is 6.92 Å². The van der Waals surface area contributed by atoms with Crippen LogP contribution in [0.25, 0.3) is 0 Å². The maximum absolute atomic E-state index is 12.5. The molecule has 1 aromatic carbocycles. The van der Waals surface area contributed by atoms with E-state index in [0.29, 0.717) is 15.7 Å². The molecule has 1 N–H and O–H groups in total. The average molecular weight is 336 g/mol. The Morgan fingerprint density at radius 1 is 1.41 bits per heavy atom. The molecule has 0 aliphatic carbocycles. The van der Waals surface area contributed by atoms with Crippen molar-refractivity contribution in [3.63, 3.8) is 0 Å². The van der Waals surface area contributed by atoms with Gasteiger partial charge in [0.05, 0.1) is 11.3 Å². The first-order chi connectivity index (χ1) is 10.5. The number of carbonyl (C=O) groups is 1. The summed E-state index contributed by atoms with van der Waals surface area (Å²) < 4.78 is 0. The highest BCUT2D eigenvalue weighted by Gasteiger charge is 2.15. The van der Waals surface area contributed by atoms with E-state index in [-0.39, 0.29) is 5.91 Å². The van der Waals surface area contributed by atoms with Crippen molar-refractivity contribution < 1.29 is 4.79 Å². The lowest BCUT2D eigenvalue weighted by molar-refractivity contribution is 0.102. The monoisotopic (exact) mass is 335 g/mol. The molecule has 0 aliphatic rings. The molecule has 0 aliphatic heterocycles. The standard InChI is InChI=1S/C16H18ClN3OS/c1-4-5-14-12(9-18-16(20-14)22-3)15(21)19-13-7-6-11(17)8-10(13)2/h6-9H,4-5H2,1-3H3,(H,19,21). The number of thioether (sulfide) groups is 1. The molecule has 22 heavy (non-hydrogen) atoms. The van der Waals surface area contributed by atoms with Crippen molar-refractivity contribution in [2.45, 2.75) is 31.8 Å². The number of amides is 1. The SMILES string of the molecule is CCCc1nc(SC)ncc1C(=O)Nc1ccc(Cl)cc1C. The van der Waals surface area contributed by atoms with Crippen molar-refractivity contribution in [2.75, 3.05) is 11.6 Å². The van der Waals surface area contributed by atoms with Crippen molar-refractivity contribution in [3.05, 3.63) is 46.2 Å². The van der Waals surface area contributed by atoms with Crippen LogP contribution in [-0.4, -0.2) is 22.1 Å². The van der Waals surface area contributed by atoms with Gasteiger partial charge in [-0.15, -0.1) is 0 Å². The van der Waals surface area contributed by atoms with Crippen LogP contribution in [0.5, 0.6) is 0 Å². The highest BCUT2D eigenvalue weighted by molar-refractivity contribution is 7.98. The Balaban J connectivity index is 2.28. The van der Waals surface area contributed by atoms with Gasteiger partial charge in [0.1, 0.15) is 0 Å². The van der Waals surface area contributed by atoms with Gasteiger partial charge in [-0.2, -0.15) is 0 Å². The van der Waals surface area contributed by atoms with Gasteiger partial charge < -0.3 is 5.32 Å². The minimum atomic E-state index is -0.193. The third kappa shape index (κ3) is 3.99. The van der Waals surface area contributed by atoms with Gasteiger partial charge in [0.25, 0.3) is 5.91 Å². The summed E-state index contributed by atoms with van der Waals surface area (Å²) in [6, 6.07) is 5.37. The Morgan fingerprint density at radius 3 is 2.82 bits per heavy atom. The van der Waals surface area contributed by atoms with Crippen LogP contribution >= 0.6 is 23.4 Å². The third-order valence-electron chi connectivity index (χ3n) is 3.20. The fourth-order valence-corrected chi connectivity index (χ4v) is 2.66. The van der Waals surface area contributed by atoms with Crippen LogP contribution in [0.4, 0.5) is 5.69 Å². The summed E-state index contributed by atoms with van der Waals surface area (Å²) in [7, 11) is 0. The first-order valence-corrected chi connectivity index (χ1v) is 8.62. The van der Waals surface area contributed by atoms with Crippen LogP contribution in [0.1, 0.15) is 35.0 Å². The first kappa shape index (κ1) is 16.8. The van der Waals surface area contributed by atoms with E-state index in [9.17, 15) is 4.79 Å². The maximum Gasteiger partial charge on any atom is 0.259 e. The maximum atomic E-state index is 12.5. The number of halogens is 1. The summed E-state index contributed by atoms with van der Waals surface area (Å²) in [5, 5.41) is 4.24. The lowest BCUT2D eigenvalue weighted by Crippen LogP contribution is -2.17. The van der Waals surface area contributed by atoms with Gasteiger partial charge in [-0.25, -0.2) is 9.97 Å². The first-order valence-electron chi connectivity index (χ1n) is 7.02. The smallest absolute Gasteiger partial charge is 0.259 e. The van der Waals surface area contributed by atoms with E-state index in [4.69, 9.17) is 11.6 Å². The summed E-state index contributed by atoms with van der Waals surface area (Å²) >= 11 is 7.40. The lowest BCUT2D eigenvalue weighted by atomic mass is 10.1. The molecule has 1 amide bonds. The normalized spacial score (nSPS) is 10.5. The predicted octanol–water partition coefficient (Wildman–Crippen LogP) is 4.37. The number of hydrogen-bond donors (Lipinski definition) is 1. The summed E-state index contributed by atoms with van der Waals surface area (Å²) in [6.45, 7) is 3.97. The number of rotatable bonds is 5. The van der Waals surface area contributed by atoms with E-state index in [0.717, 1.165) is 29.8 Å². The molecule has 1 heterocycles. The number of aromatic nitrogens is 2. The Labute approximate surface area is 139 Å². The van der Waals surface area contributed by atoms with Crippen molar-refractivity contribution >= 4 is 35.0 Å². The quantitative estimate of drug-likeness (QED) is 0.651. The predicted molar refractivity (Wildman–Crippen MR) is 92.0 cm³/mol.